The van der Waals surface area contributed by atoms with Crippen LogP contribution in [0, 0.1) is 11.6 Å². The Bertz CT molecular complexity index is 1080. The van der Waals surface area contributed by atoms with Crippen LogP contribution >= 0.6 is 34.8 Å². The Morgan fingerprint density at radius 1 is 0.966 bits per heavy atom. The predicted molar refractivity (Wildman–Crippen MR) is 106 cm³/mol. The second-order valence-corrected chi connectivity index (χ2v) is 6.97. The molecule has 11 heteroatoms. The zero-order valence-corrected chi connectivity index (χ0v) is 16.6. The van der Waals surface area contributed by atoms with Gasteiger partial charge in [0, 0.05) is 28.2 Å². The zero-order valence-electron chi connectivity index (χ0n) is 14.3. The molecule has 0 saturated carbocycles. The number of nitrogens with one attached hydrogen (secondary N) is 3. The average Bonchev–Trinajstić information content (AvgIpc) is 3.12. The quantitative estimate of drug-likeness (QED) is 0.478. The predicted octanol–water partition coefficient (Wildman–Crippen LogP) is 4.83. The van der Waals surface area contributed by atoms with Crippen LogP contribution in [0.25, 0.3) is 0 Å². The number of benzene rings is 2. The van der Waals surface area contributed by atoms with Gasteiger partial charge >= 0.3 is 0 Å². The van der Waals surface area contributed by atoms with E-state index in [1.165, 1.54) is 6.07 Å². The minimum absolute atomic E-state index is 0.0169. The molecule has 0 atom stereocenters. The van der Waals surface area contributed by atoms with E-state index in [9.17, 15) is 18.4 Å². The monoisotopic (exact) mass is 458 g/mol. The van der Waals surface area contributed by atoms with Crippen LogP contribution in [0.3, 0.4) is 0 Å². The van der Waals surface area contributed by atoms with Crippen molar-refractivity contribution in [1.29, 1.82) is 0 Å². The van der Waals surface area contributed by atoms with Crippen LogP contribution in [0.4, 0.5) is 14.6 Å². The Balaban J connectivity index is 1.67. The lowest BCUT2D eigenvalue weighted by molar-refractivity contribution is 0.0945. The number of H-pyrrole nitrogens is 1. The highest BCUT2D eigenvalue weighted by Crippen LogP contribution is 2.24. The highest BCUT2D eigenvalue weighted by molar-refractivity contribution is 6.36. The van der Waals surface area contributed by atoms with Crippen LogP contribution in [0.15, 0.2) is 36.4 Å². The summed E-state index contributed by atoms with van der Waals surface area (Å²) in [6.07, 6.45) is 0. The molecule has 0 unspecified atom stereocenters. The topological polar surface area (TPSA) is 86.9 Å². The Morgan fingerprint density at radius 2 is 1.62 bits per heavy atom. The molecule has 2 amide bonds. The molecule has 0 saturated heterocycles. The van der Waals surface area contributed by atoms with E-state index in [4.69, 9.17) is 34.8 Å². The first-order chi connectivity index (χ1) is 13.8. The van der Waals surface area contributed by atoms with Crippen molar-refractivity contribution in [2.45, 2.75) is 6.54 Å². The second-order valence-electron chi connectivity index (χ2n) is 5.75. The molecular weight excluding hydrogens is 449 g/mol. The van der Waals surface area contributed by atoms with Gasteiger partial charge in [-0.15, -0.1) is 0 Å². The number of rotatable bonds is 5. The van der Waals surface area contributed by atoms with E-state index in [1.54, 1.807) is 18.2 Å². The summed E-state index contributed by atoms with van der Waals surface area (Å²) in [5, 5.41) is 11.7. The van der Waals surface area contributed by atoms with Crippen molar-refractivity contribution in [1.82, 2.24) is 15.5 Å². The molecule has 1 aromatic heterocycles. The number of amides is 2. The molecule has 0 radical (unpaired) electrons. The van der Waals surface area contributed by atoms with Crippen molar-refractivity contribution in [3.63, 3.8) is 0 Å². The van der Waals surface area contributed by atoms with Gasteiger partial charge in [0.15, 0.2) is 17.5 Å². The van der Waals surface area contributed by atoms with E-state index in [2.05, 4.69) is 20.8 Å². The molecule has 3 rings (SSSR count). The summed E-state index contributed by atoms with van der Waals surface area (Å²) in [6.45, 7) is 0.0719. The molecule has 150 valence electrons. The molecule has 0 aliphatic carbocycles. The largest absolute Gasteiger partial charge is 0.347 e. The van der Waals surface area contributed by atoms with Crippen molar-refractivity contribution in [3.05, 3.63) is 79.9 Å². The van der Waals surface area contributed by atoms with Crippen molar-refractivity contribution in [2.24, 2.45) is 0 Å². The normalized spacial score (nSPS) is 10.7. The molecule has 3 N–H and O–H groups in total. The highest BCUT2D eigenvalue weighted by Gasteiger charge is 2.17. The number of hydrogen-bond acceptors (Lipinski definition) is 3. The van der Waals surface area contributed by atoms with Crippen LogP contribution in [0.2, 0.25) is 15.1 Å². The Kier molecular flexibility index (Phi) is 6.36. The Morgan fingerprint density at radius 3 is 2.31 bits per heavy atom. The summed E-state index contributed by atoms with van der Waals surface area (Å²) >= 11 is 17.9. The van der Waals surface area contributed by atoms with Gasteiger partial charge < -0.3 is 10.6 Å². The molecule has 0 aliphatic rings. The van der Waals surface area contributed by atoms with Gasteiger partial charge in [-0.2, -0.15) is 5.10 Å². The second kappa shape index (κ2) is 8.77. The van der Waals surface area contributed by atoms with E-state index in [-0.39, 0.29) is 28.6 Å². The van der Waals surface area contributed by atoms with Crippen LogP contribution in [-0.2, 0) is 6.54 Å². The van der Waals surface area contributed by atoms with E-state index < -0.39 is 23.4 Å². The smallest absolute Gasteiger partial charge is 0.269 e. The Hall–Kier alpha value is -2.68. The van der Waals surface area contributed by atoms with Gasteiger partial charge in [-0.1, -0.05) is 40.9 Å². The summed E-state index contributed by atoms with van der Waals surface area (Å²) in [7, 11) is 0. The number of carbonyl (C=O) groups is 2. The molecule has 2 aromatic carbocycles. The van der Waals surface area contributed by atoms with Crippen molar-refractivity contribution < 1.29 is 18.4 Å². The van der Waals surface area contributed by atoms with Crippen LogP contribution in [0.1, 0.15) is 26.4 Å². The standard InChI is InChI=1S/C18H11Cl3F2N4O2/c19-10-2-1-3-11(20)9(10)7-24-18(29)15-6-16(27-26-15)25-17(28)8-4-13(22)14(23)5-12(8)21/h1-6H,7H2,(H,24,29)(H2,25,26,27,28). The van der Waals surface area contributed by atoms with Crippen LogP contribution in [-0.4, -0.2) is 22.0 Å². The maximum absolute atomic E-state index is 13.3. The lowest BCUT2D eigenvalue weighted by Gasteiger charge is -2.07. The van der Waals surface area contributed by atoms with Crippen LogP contribution in [0.5, 0.6) is 0 Å². The number of halogens is 5. The van der Waals surface area contributed by atoms with Gasteiger partial charge in [0.05, 0.1) is 10.6 Å². The average molecular weight is 460 g/mol. The number of anilines is 1. The molecule has 0 spiro atoms. The highest BCUT2D eigenvalue weighted by atomic mass is 35.5. The first-order valence-corrected chi connectivity index (χ1v) is 9.12. The lowest BCUT2D eigenvalue weighted by Crippen LogP contribution is -2.23. The van der Waals surface area contributed by atoms with E-state index in [1.807, 2.05) is 0 Å². The van der Waals surface area contributed by atoms with Gasteiger partial charge in [-0.3, -0.25) is 14.7 Å². The molecular formula is C18H11Cl3F2N4O2. The maximum Gasteiger partial charge on any atom is 0.269 e. The third-order valence-corrected chi connectivity index (χ3v) is 4.83. The van der Waals surface area contributed by atoms with Gasteiger partial charge in [0.1, 0.15) is 5.69 Å². The fourth-order valence-electron chi connectivity index (χ4n) is 2.35. The number of aromatic amines is 1. The van der Waals surface area contributed by atoms with Gasteiger partial charge in [-0.05, 0) is 24.3 Å². The van der Waals surface area contributed by atoms with E-state index in [0.717, 1.165) is 0 Å². The zero-order chi connectivity index (χ0) is 21.1. The van der Waals surface area contributed by atoms with Crippen molar-refractivity contribution in [3.8, 4) is 0 Å². The summed E-state index contributed by atoms with van der Waals surface area (Å²) in [6, 6.07) is 7.58. The SMILES string of the molecule is O=C(NCc1c(Cl)cccc1Cl)c1cc(NC(=O)c2cc(F)c(F)cc2Cl)n[nH]1. The molecule has 0 aliphatic heterocycles. The minimum atomic E-state index is -1.22. The molecule has 6 nitrogen and oxygen atoms in total. The molecule has 29 heavy (non-hydrogen) atoms. The fraction of sp³-hybridized carbons (Fsp3) is 0.0556. The fourth-order valence-corrected chi connectivity index (χ4v) is 3.11. The summed E-state index contributed by atoms with van der Waals surface area (Å²) in [5.41, 5.74) is 0.304. The Labute approximate surface area is 178 Å². The number of nitrogens with zero attached hydrogens (tertiary/aromatic N) is 1. The number of hydrogen-bond donors (Lipinski definition) is 3. The van der Waals surface area contributed by atoms with E-state index in [0.29, 0.717) is 27.7 Å². The van der Waals surface area contributed by atoms with Gasteiger partial charge in [-0.25, -0.2) is 8.78 Å². The molecule has 0 fully saturated rings. The molecule has 1 heterocycles. The number of carbonyl (C=O) groups excluding carboxylic acids is 2. The molecule has 3 aromatic rings. The minimum Gasteiger partial charge on any atom is -0.347 e. The first-order valence-electron chi connectivity index (χ1n) is 7.98. The maximum atomic E-state index is 13.3. The summed E-state index contributed by atoms with van der Waals surface area (Å²) < 4.78 is 26.5. The van der Waals surface area contributed by atoms with Crippen molar-refractivity contribution in [2.75, 3.05) is 5.32 Å². The first kappa shape index (κ1) is 21.0. The summed E-state index contributed by atoms with van der Waals surface area (Å²) in [5.74, 6) is -3.77. The third-order valence-electron chi connectivity index (χ3n) is 3.81. The van der Waals surface area contributed by atoms with E-state index >= 15 is 0 Å². The van der Waals surface area contributed by atoms with Crippen molar-refractivity contribution >= 4 is 52.4 Å². The third kappa shape index (κ3) is 4.84. The lowest BCUT2D eigenvalue weighted by atomic mass is 10.2. The molecule has 0 bridgehead atoms. The van der Waals surface area contributed by atoms with Gasteiger partial charge in [0.2, 0.25) is 0 Å². The summed E-state index contributed by atoms with van der Waals surface area (Å²) in [4.78, 5) is 24.4. The van der Waals surface area contributed by atoms with Crippen LogP contribution < -0.4 is 10.6 Å². The number of aromatic nitrogens is 2. The van der Waals surface area contributed by atoms with Gasteiger partial charge in [0.25, 0.3) is 11.8 Å².